The van der Waals surface area contributed by atoms with Gasteiger partial charge in [0.2, 0.25) is 5.91 Å². The van der Waals surface area contributed by atoms with Gasteiger partial charge in [-0.2, -0.15) is 0 Å². The van der Waals surface area contributed by atoms with Gasteiger partial charge in [-0.15, -0.1) is 0 Å². The van der Waals surface area contributed by atoms with Crippen LogP contribution in [0.2, 0.25) is 0 Å². The van der Waals surface area contributed by atoms with Crippen molar-refractivity contribution < 1.29 is 20.1 Å². The van der Waals surface area contributed by atoms with E-state index in [0.717, 1.165) is 32.1 Å². The van der Waals surface area contributed by atoms with Crippen LogP contribution in [0.15, 0.2) is 0 Å². The fraction of sp³-hybridized carbons (Fsp3) is 0.981. The van der Waals surface area contributed by atoms with Crippen molar-refractivity contribution in [3.8, 4) is 0 Å². The Bertz CT molecular complexity index is 762. The number of amides is 1. The summed E-state index contributed by atoms with van der Waals surface area (Å²) in [6, 6.07) is -0.803. The molecule has 342 valence electrons. The fourth-order valence-electron chi connectivity index (χ4n) is 8.64. The largest absolute Gasteiger partial charge is 0.394 e. The molecule has 3 atom stereocenters. The molecule has 5 heteroatoms. The Morgan fingerprint density at radius 1 is 0.368 bits per heavy atom. The van der Waals surface area contributed by atoms with Crippen molar-refractivity contribution in [3.05, 3.63) is 0 Å². The summed E-state index contributed by atoms with van der Waals surface area (Å²) in [6.45, 7) is 4.22. The van der Waals surface area contributed by atoms with Crippen molar-refractivity contribution in [2.75, 3.05) is 6.61 Å². The Morgan fingerprint density at radius 2 is 0.596 bits per heavy atom. The van der Waals surface area contributed by atoms with Gasteiger partial charge in [0.25, 0.3) is 0 Å². The highest BCUT2D eigenvalue weighted by Crippen LogP contribution is 2.18. The van der Waals surface area contributed by atoms with Crippen LogP contribution in [-0.2, 0) is 4.79 Å². The molecule has 0 spiro atoms. The van der Waals surface area contributed by atoms with Gasteiger partial charge in [0, 0.05) is 6.42 Å². The average Bonchev–Trinajstić information content (AvgIpc) is 3.22. The number of aliphatic hydroxyl groups is 3. The number of carbonyl (C=O) groups is 1. The number of nitrogens with one attached hydrogen (secondary N) is 1. The highest BCUT2D eigenvalue weighted by Gasteiger charge is 2.26. The van der Waals surface area contributed by atoms with Gasteiger partial charge in [-0.25, -0.2) is 0 Å². The molecular weight excluding hydrogens is 703 g/mol. The molecule has 0 aromatic heterocycles. The molecule has 5 nitrogen and oxygen atoms in total. The smallest absolute Gasteiger partial charge is 0.220 e. The zero-order valence-corrected chi connectivity index (χ0v) is 39.0. The van der Waals surface area contributed by atoms with Gasteiger partial charge in [-0.05, 0) is 12.8 Å². The minimum absolute atomic E-state index is 0.137. The van der Waals surface area contributed by atoms with E-state index >= 15 is 0 Å². The minimum atomic E-state index is -1.13. The number of unbranched alkanes of at least 4 members (excludes halogenated alkanes) is 41. The first-order chi connectivity index (χ1) is 28.1. The topological polar surface area (TPSA) is 89.8 Å². The highest BCUT2D eigenvalue weighted by atomic mass is 16.3. The van der Waals surface area contributed by atoms with Crippen LogP contribution in [0.5, 0.6) is 0 Å². The number of hydrogen-bond donors (Lipinski definition) is 4. The molecule has 4 N–H and O–H groups in total. The van der Waals surface area contributed by atoms with Crippen molar-refractivity contribution in [1.29, 1.82) is 0 Å². The molecule has 0 bridgehead atoms. The predicted octanol–water partition coefficient (Wildman–Crippen LogP) is 15.8. The third kappa shape index (κ3) is 43.3. The summed E-state index contributed by atoms with van der Waals surface area (Å²) in [4.78, 5) is 12.5. The lowest BCUT2D eigenvalue weighted by Gasteiger charge is -2.26. The summed E-state index contributed by atoms with van der Waals surface area (Å²) >= 11 is 0. The van der Waals surface area contributed by atoms with Crippen LogP contribution < -0.4 is 5.32 Å². The second-order valence-electron chi connectivity index (χ2n) is 18.4. The van der Waals surface area contributed by atoms with E-state index in [-0.39, 0.29) is 12.5 Å². The summed E-state index contributed by atoms with van der Waals surface area (Å²) in [5.41, 5.74) is 0. The summed E-state index contributed by atoms with van der Waals surface area (Å²) in [5, 5.41) is 33.7. The van der Waals surface area contributed by atoms with Gasteiger partial charge < -0.3 is 20.6 Å². The third-order valence-electron chi connectivity index (χ3n) is 12.7. The second kappa shape index (κ2) is 48.0. The lowest BCUT2D eigenvalue weighted by molar-refractivity contribution is -0.124. The SMILES string of the molecule is CCCCCCCCCCCCCCCCCCCCCCCCCCCCC(=O)NC(CO)C(O)C(O)CCCCCCCCCCCCCCCCCCC. The zero-order valence-electron chi connectivity index (χ0n) is 39.0. The van der Waals surface area contributed by atoms with Gasteiger partial charge in [0.05, 0.1) is 18.8 Å². The Kier molecular flexibility index (Phi) is 47.5. The van der Waals surface area contributed by atoms with Crippen molar-refractivity contribution in [2.24, 2.45) is 0 Å². The highest BCUT2D eigenvalue weighted by molar-refractivity contribution is 5.76. The number of carbonyl (C=O) groups excluding carboxylic acids is 1. The van der Waals surface area contributed by atoms with E-state index in [1.165, 1.54) is 244 Å². The van der Waals surface area contributed by atoms with Gasteiger partial charge in [-0.3, -0.25) is 4.79 Å². The van der Waals surface area contributed by atoms with Crippen molar-refractivity contribution in [2.45, 2.75) is 321 Å². The maximum atomic E-state index is 12.5. The lowest BCUT2D eigenvalue weighted by atomic mass is 9.99. The first-order valence-corrected chi connectivity index (χ1v) is 26.3. The van der Waals surface area contributed by atoms with E-state index in [2.05, 4.69) is 19.2 Å². The molecule has 0 heterocycles. The van der Waals surface area contributed by atoms with Crippen LogP contribution in [0, 0.1) is 0 Å². The normalized spacial score (nSPS) is 13.3. The molecule has 0 aliphatic carbocycles. The van der Waals surface area contributed by atoms with Gasteiger partial charge in [0.15, 0.2) is 0 Å². The molecule has 57 heavy (non-hydrogen) atoms. The van der Waals surface area contributed by atoms with Crippen LogP contribution in [0.1, 0.15) is 303 Å². The van der Waals surface area contributed by atoms with Crippen molar-refractivity contribution >= 4 is 5.91 Å². The average molecular weight is 808 g/mol. The standard InChI is InChI=1S/C52H105NO4/c1-3-5-7-9-11-13-15-17-19-21-22-23-24-25-26-27-28-29-31-33-35-37-39-41-43-45-47-51(56)53-49(48-54)52(57)50(55)46-44-42-40-38-36-34-32-30-20-18-16-14-12-10-8-6-4-2/h49-50,52,54-55,57H,3-48H2,1-2H3,(H,53,56). The number of rotatable bonds is 49. The second-order valence-corrected chi connectivity index (χ2v) is 18.4. The molecule has 0 aromatic carbocycles. The van der Waals surface area contributed by atoms with E-state index in [1.54, 1.807) is 0 Å². The Labute approximate surface area is 357 Å². The first kappa shape index (κ1) is 56.4. The molecule has 0 rings (SSSR count). The molecular formula is C52H105NO4. The van der Waals surface area contributed by atoms with Gasteiger partial charge in [0.1, 0.15) is 6.10 Å². The molecule has 3 unspecified atom stereocenters. The minimum Gasteiger partial charge on any atom is -0.394 e. The summed E-state index contributed by atoms with van der Waals surface area (Å²) in [5.74, 6) is -0.137. The van der Waals surface area contributed by atoms with E-state index in [1.807, 2.05) is 0 Å². The quantitative estimate of drug-likeness (QED) is 0.0461. The van der Waals surface area contributed by atoms with Crippen LogP contribution >= 0.6 is 0 Å². The summed E-state index contributed by atoms with van der Waals surface area (Å²) < 4.78 is 0. The van der Waals surface area contributed by atoms with Crippen molar-refractivity contribution in [3.63, 3.8) is 0 Å². The molecule has 1 amide bonds. The fourth-order valence-corrected chi connectivity index (χ4v) is 8.64. The van der Waals surface area contributed by atoms with Crippen molar-refractivity contribution in [1.82, 2.24) is 5.32 Å². The molecule has 0 fully saturated rings. The maximum Gasteiger partial charge on any atom is 0.220 e. The number of hydrogen-bond acceptors (Lipinski definition) is 4. The Balaban J connectivity index is 3.50. The zero-order chi connectivity index (χ0) is 41.5. The summed E-state index contributed by atoms with van der Waals surface area (Å²) in [7, 11) is 0. The third-order valence-corrected chi connectivity index (χ3v) is 12.7. The Morgan fingerprint density at radius 3 is 0.842 bits per heavy atom. The van der Waals surface area contributed by atoms with Crippen LogP contribution in [-0.4, -0.2) is 46.1 Å². The first-order valence-electron chi connectivity index (χ1n) is 26.3. The van der Waals surface area contributed by atoms with Gasteiger partial charge in [-0.1, -0.05) is 284 Å². The molecule has 0 aliphatic rings. The van der Waals surface area contributed by atoms with E-state index in [0.29, 0.717) is 12.8 Å². The van der Waals surface area contributed by atoms with Crippen LogP contribution in [0.4, 0.5) is 0 Å². The molecule has 0 radical (unpaired) electrons. The predicted molar refractivity (Wildman–Crippen MR) is 250 cm³/mol. The molecule has 0 saturated carbocycles. The number of aliphatic hydroxyl groups excluding tert-OH is 3. The van der Waals surface area contributed by atoms with E-state index in [4.69, 9.17) is 0 Å². The van der Waals surface area contributed by atoms with E-state index in [9.17, 15) is 20.1 Å². The van der Waals surface area contributed by atoms with E-state index < -0.39 is 18.2 Å². The van der Waals surface area contributed by atoms with Crippen LogP contribution in [0.25, 0.3) is 0 Å². The van der Waals surface area contributed by atoms with Gasteiger partial charge >= 0.3 is 0 Å². The maximum absolute atomic E-state index is 12.5. The molecule has 0 aromatic rings. The molecule has 0 aliphatic heterocycles. The van der Waals surface area contributed by atoms with Crippen LogP contribution in [0.3, 0.4) is 0 Å². The molecule has 0 saturated heterocycles. The Hall–Kier alpha value is -0.650. The monoisotopic (exact) mass is 808 g/mol. The lowest BCUT2D eigenvalue weighted by Crippen LogP contribution is -2.50. The summed E-state index contributed by atoms with van der Waals surface area (Å²) in [6.07, 6.45) is 56.7.